The van der Waals surface area contributed by atoms with Gasteiger partial charge in [0.2, 0.25) is 0 Å². The Morgan fingerprint density at radius 2 is 2.00 bits per heavy atom. The highest BCUT2D eigenvalue weighted by molar-refractivity contribution is 5.86. The summed E-state index contributed by atoms with van der Waals surface area (Å²) < 4.78 is 0. The molecular weight excluding hydrogens is 166 g/mol. The lowest BCUT2D eigenvalue weighted by Gasteiger charge is -2.16. The summed E-state index contributed by atoms with van der Waals surface area (Å²) >= 11 is 0. The quantitative estimate of drug-likeness (QED) is 0.514. The van der Waals surface area contributed by atoms with Gasteiger partial charge in [0.15, 0.2) is 0 Å². The van der Waals surface area contributed by atoms with Crippen LogP contribution in [0, 0.1) is 11.8 Å². The highest BCUT2D eigenvalue weighted by atomic mass is 16.4. The molecule has 0 aliphatic heterocycles. The van der Waals surface area contributed by atoms with Gasteiger partial charge in [0.25, 0.3) is 0 Å². The number of hydrogen-bond donors (Lipinski definition) is 1. The molecule has 0 atom stereocenters. The molecule has 0 aromatic heterocycles. The van der Waals surface area contributed by atoms with Crippen LogP contribution >= 0.6 is 0 Å². The largest absolute Gasteiger partial charge is 0.472 e. The van der Waals surface area contributed by atoms with Crippen molar-refractivity contribution >= 4 is 5.97 Å². The summed E-state index contributed by atoms with van der Waals surface area (Å²) in [5.74, 6) is 3.68. The van der Waals surface area contributed by atoms with Crippen molar-refractivity contribution in [2.24, 2.45) is 0 Å². The van der Waals surface area contributed by atoms with Gasteiger partial charge in [-0.15, -0.1) is 0 Å². The van der Waals surface area contributed by atoms with Crippen LogP contribution in [0.5, 0.6) is 0 Å². The molecule has 0 spiro atoms. The van der Waals surface area contributed by atoms with Crippen LogP contribution < -0.4 is 0 Å². The molecule has 74 valence electrons. The molecule has 0 unspecified atom stereocenters. The van der Waals surface area contributed by atoms with Crippen LogP contribution in [-0.4, -0.2) is 35.6 Å². The van der Waals surface area contributed by atoms with E-state index in [0.29, 0.717) is 6.42 Å². The van der Waals surface area contributed by atoms with Crippen LogP contribution in [-0.2, 0) is 4.79 Å². The lowest BCUT2D eigenvalue weighted by atomic mass is 10.3. The van der Waals surface area contributed by atoms with Crippen LogP contribution in [0.1, 0.15) is 26.7 Å². The number of carboxylic acid groups (broad SMARTS) is 1. The molecule has 0 aliphatic rings. The second-order valence-electron chi connectivity index (χ2n) is 2.74. The van der Waals surface area contributed by atoms with Gasteiger partial charge < -0.3 is 10.0 Å². The fraction of sp³-hybridized carbons (Fsp3) is 0.700. The first-order valence-electron chi connectivity index (χ1n) is 4.64. The molecule has 0 rings (SSSR count). The van der Waals surface area contributed by atoms with E-state index in [2.05, 4.69) is 30.6 Å². The van der Waals surface area contributed by atoms with Crippen molar-refractivity contribution in [1.29, 1.82) is 0 Å². The smallest absolute Gasteiger partial charge is 0.381 e. The van der Waals surface area contributed by atoms with Gasteiger partial charge in [0.05, 0.1) is 0 Å². The first kappa shape index (κ1) is 12.0. The third-order valence-corrected chi connectivity index (χ3v) is 1.87. The van der Waals surface area contributed by atoms with Crippen molar-refractivity contribution in [2.75, 3.05) is 19.6 Å². The molecule has 0 amide bonds. The van der Waals surface area contributed by atoms with Gasteiger partial charge in [0.1, 0.15) is 0 Å². The van der Waals surface area contributed by atoms with Crippen LogP contribution in [0.3, 0.4) is 0 Å². The second kappa shape index (κ2) is 7.63. The lowest BCUT2D eigenvalue weighted by molar-refractivity contribution is -0.130. The molecule has 1 N–H and O–H groups in total. The molecule has 13 heavy (non-hydrogen) atoms. The number of rotatable bonds is 5. The van der Waals surface area contributed by atoms with E-state index in [1.165, 1.54) is 0 Å². The van der Waals surface area contributed by atoms with Crippen LogP contribution in [0.2, 0.25) is 0 Å². The van der Waals surface area contributed by atoms with E-state index in [1.807, 2.05) is 0 Å². The van der Waals surface area contributed by atoms with Crippen molar-refractivity contribution in [3.63, 3.8) is 0 Å². The molecule has 0 radical (unpaired) electrons. The molecule has 0 saturated carbocycles. The van der Waals surface area contributed by atoms with Crippen LogP contribution in [0.15, 0.2) is 0 Å². The molecule has 0 bridgehead atoms. The molecule has 3 nitrogen and oxygen atoms in total. The second-order valence-corrected chi connectivity index (χ2v) is 2.74. The van der Waals surface area contributed by atoms with Crippen molar-refractivity contribution in [3.8, 4) is 11.8 Å². The molecule has 0 aromatic carbocycles. The molecular formula is C10H17NO2. The molecule has 0 fully saturated rings. The Kier molecular flexibility index (Phi) is 7.04. The van der Waals surface area contributed by atoms with E-state index in [9.17, 15) is 4.79 Å². The van der Waals surface area contributed by atoms with E-state index in [0.717, 1.165) is 26.1 Å². The molecule has 0 heterocycles. The maximum Gasteiger partial charge on any atom is 0.381 e. The standard InChI is InChI=1S/C10H17NO2/c1-3-11(4-2)9-7-5-6-8-10(12)13/h3-5,7,9H2,1-2H3,(H,12,13). The Labute approximate surface area is 79.7 Å². The molecule has 0 saturated heterocycles. The van der Waals surface area contributed by atoms with Gasteiger partial charge in [-0.05, 0) is 26.1 Å². The number of hydrogen-bond acceptors (Lipinski definition) is 2. The van der Waals surface area contributed by atoms with Crippen molar-refractivity contribution in [2.45, 2.75) is 26.7 Å². The van der Waals surface area contributed by atoms with Gasteiger partial charge in [-0.1, -0.05) is 19.8 Å². The Balaban J connectivity index is 3.46. The summed E-state index contributed by atoms with van der Waals surface area (Å²) in [5.41, 5.74) is 0. The third-order valence-electron chi connectivity index (χ3n) is 1.87. The number of aliphatic carboxylic acids is 1. The van der Waals surface area contributed by atoms with Gasteiger partial charge >= 0.3 is 5.97 Å². The minimum atomic E-state index is -1.04. The van der Waals surface area contributed by atoms with Crippen molar-refractivity contribution in [1.82, 2.24) is 4.90 Å². The number of carbonyl (C=O) groups is 1. The maximum absolute atomic E-state index is 10.0. The zero-order chi connectivity index (χ0) is 10.1. The number of unbranched alkanes of at least 4 members (excludes halogenated alkanes) is 1. The van der Waals surface area contributed by atoms with Crippen molar-refractivity contribution < 1.29 is 9.90 Å². The zero-order valence-corrected chi connectivity index (χ0v) is 8.34. The Bertz CT molecular complexity index is 199. The van der Waals surface area contributed by atoms with E-state index < -0.39 is 5.97 Å². The first-order valence-corrected chi connectivity index (χ1v) is 4.64. The fourth-order valence-electron chi connectivity index (χ4n) is 1.07. The van der Waals surface area contributed by atoms with E-state index >= 15 is 0 Å². The highest BCUT2D eigenvalue weighted by Crippen LogP contribution is 1.93. The van der Waals surface area contributed by atoms with Crippen LogP contribution in [0.25, 0.3) is 0 Å². The van der Waals surface area contributed by atoms with Crippen molar-refractivity contribution in [3.05, 3.63) is 0 Å². The van der Waals surface area contributed by atoms with Gasteiger partial charge in [-0.2, -0.15) is 0 Å². The first-order chi connectivity index (χ1) is 6.20. The normalized spacial score (nSPS) is 9.46. The average molecular weight is 183 g/mol. The maximum atomic E-state index is 10.0. The topological polar surface area (TPSA) is 40.5 Å². The minimum Gasteiger partial charge on any atom is -0.472 e. The van der Waals surface area contributed by atoms with Gasteiger partial charge in [0, 0.05) is 12.3 Å². The van der Waals surface area contributed by atoms with Crippen LogP contribution in [0.4, 0.5) is 0 Å². The van der Waals surface area contributed by atoms with Gasteiger partial charge in [-0.25, -0.2) is 4.79 Å². The zero-order valence-electron chi connectivity index (χ0n) is 8.34. The minimum absolute atomic E-state index is 0.669. The predicted octanol–water partition coefficient (Wildman–Crippen LogP) is 1.20. The Morgan fingerprint density at radius 1 is 1.38 bits per heavy atom. The molecule has 0 aromatic rings. The summed E-state index contributed by atoms with van der Waals surface area (Å²) in [6.07, 6.45) is 1.62. The third kappa shape index (κ3) is 7.35. The molecule has 0 aliphatic carbocycles. The van der Waals surface area contributed by atoms with E-state index in [4.69, 9.17) is 5.11 Å². The Morgan fingerprint density at radius 3 is 2.46 bits per heavy atom. The Hall–Kier alpha value is -1.01. The summed E-state index contributed by atoms with van der Waals surface area (Å²) in [7, 11) is 0. The van der Waals surface area contributed by atoms with Gasteiger partial charge in [-0.3, -0.25) is 0 Å². The summed E-state index contributed by atoms with van der Waals surface area (Å²) in [6.45, 7) is 7.33. The van der Waals surface area contributed by atoms with E-state index in [-0.39, 0.29) is 0 Å². The monoisotopic (exact) mass is 183 g/mol. The average Bonchev–Trinajstić information content (AvgIpc) is 2.11. The summed E-state index contributed by atoms with van der Waals surface area (Å²) in [4.78, 5) is 12.3. The lowest BCUT2D eigenvalue weighted by Crippen LogP contribution is -2.23. The number of carboxylic acids is 1. The predicted molar refractivity (Wildman–Crippen MR) is 52.4 cm³/mol. The highest BCUT2D eigenvalue weighted by Gasteiger charge is 1.96. The molecule has 3 heteroatoms. The van der Waals surface area contributed by atoms with E-state index in [1.54, 1.807) is 0 Å². The fourth-order valence-corrected chi connectivity index (χ4v) is 1.07. The summed E-state index contributed by atoms with van der Waals surface area (Å²) in [5, 5.41) is 8.23. The SMILES string of the molecule is CCN(CC)CCCC#CC(=O)O. The number of nitrogens with zero attached hydrogens (tertiary/aromatic N) is 1. The summed E-state index contributed by atoms with van der Waals surface area (Å²) in [6, 6.07) is 0.